The second kappa shape index (κ2) is 6.99. The van der Waals surface area contributed by atoms with Crippen molar-refractivity contribution in [2.45, 2.75) is 45.1 Å². The number of hydrogen-bond acceptors (Lipinski definition) is 4. The minimum Gasteiger partial charge on any atom is -0.373 e. The Labute approximate surface area is 138 Å². The summed E-state index contributed by atoms with van der Waals surface area (Å²) in [4.78, 5) is 16.7. The van der Waals surface area contributed by atoms with Gasteiger partial charge in [0.1, 0.15) is 0 Å². The first-order chi connectivity index (χ1) is 11.0. The predicted octanol–water partition coefficient (Wildman–Crippen LogP) is 1.47. The number of carbonyl (C=O) groups is 1. The topological polar surface area (TPSA) is 58.8 Å². The van der Waals surface area contributed by atoms with Crippen molar-refractivity contribution in [2.75, 3.05) is 26.2 Å². The van der Waals surface area contributed by atoms with Crippen LogP contribution in [0.4, 0.5) is 0 Å². The summed E-state index contributed by atoms with van der Waals surface area (Å²) in [6.45, 7) is 8.49. The second-order valence-electron chi connectivity index (χ2n) is 6.95. The largest absolute Gasteiger partial charge is 0.373 e. The van der Waals surface area contributed by atoms with E-state index in [0.29, 0.717) is 6.54 Å². The van der Waals surface area contributed by atoms with E-state index in [1.54, 1.807) is 0 Å². The van der Waals surface area contributed by atoms with Gasteiger partial charge in [-0.05, 0) is 38.0 Å². The molecule has 3 unspecified atom stereocenters. The van der Waals surface area contributed by atoms with Crippen molar-refractivity contribution in [3.63, 3.8) is 0 Å². The molecule has 3 rings (SSSR count). The number of rotatable bonds is 3. The monoisotopic (exact) mass is 317 g/mol. The van der Waals surface area contributed by atoms with E-state index in [0.717, 1.165) is 38.2 Å². The fourth-order valence-electron chi connectivity index (χ4n) is 3.58. The summed E-state index contributed by atoms with van der Waals surface area (Å²) in [6.07, 6.45) is 1.45. The zero-order chi connectivity index (χ0) is 16.4. The highest BCUT2D eigenvalue weighted by Crippen LogP contribution is 2.16. The van der Waals surface area contributed by atoms with Gasteiger partial charge in [0.15, 0.2) is 0 Å². The Morgan fingerprint density at radius 3 is 2.39 bits per heavy atom. The zero-order valence-corrected chi connectivity index (χ0v) is 14.1. The summed E-state index contributed by atoms with van der Waals surface area (Å²) in [5, 5.41) is 0. The van der Waals surface area contributed by atoms with Crippen molar-refractivity contribution in [3.05, 3.63) is 35.4 Å². The summed E-state index contributed by atoms with van der Waals surface area (Å²) in [6, 6.07) is 8.13. The van der Waals surface area contributed by atoms with Gasteiger partial charge < -0.3 is 15.4 Å². The van der Waals surface area contributed by atoms with Crippen LogP contribution in [0, 0.1) is 0 Å². The Kier molecular flexibility index (Phi) is 4.99. The Bertz CT molecular complexity index is 536. The number of amides is 1. The number of ether oxygens (including phenoxy) is 1. The molecule has 2 heterocycles. The first-order valence-electron chi connectivity index (χ1n) is 8.53. The molecule has 0 spiro atoms. The van der Waals surface area contributed by atoms with Crippen LogP contribution in [0.25, 0.3) is 0 Å². The van der Waals surface area contributed by atoms with Crippen molar-refractivity contribution in [2.24, 2.45) is 5.73 Å². The standard InChI is InChI=1S/C18H27N3O2/c1-13-9-20(10-14(2)23-13)11-15-3-5-16(6-4-15)18(22)21-8-7-17(19)12-21/h3-6,13-14,17H,7-12,19H2,1-2H3. The smallest absolute Gasteiger partial charge is 0.253 e. The summed E-state index contributed by atoms with van der Waals surface area (Å²) in [7, 11) is 0. The number of nitrogens with zero attached hydrogens (tertiary/aromatic N) is 2. The molecule has 126 valence electrons. The van der Waals surface area contributed by atoms with Gasteiger partial charge >= 0.3 is 0 Å². The van der Waals surface area contributed by atoms with E-state index in [4.69, 9.17) is 10.5 Å². The average molecular weight is 317 g/mol. The number of likely N-dealkylation sites (tertiary alicyclic amines) is 1. The highest BCUT2D eigenvalue weighted by atomic mass is 16.5. The van der Waals surface area contributed by atoms with Crippen LogP contribution in [0.3, 0.4) is 0 Å². The van der Waals surface area contributed by atoms with Crippen molar-refractivity contribution >= 4 is 5.91 Å². The number of hydrogen-bond donors (Lipinski definition) is 1. The molecule has 0 radical (unpaired) electrons. The summed E-state index contributed by atoms with van der Waals surface area (Å²) in [5.74, 6) is 0.0955. The minimum atomic E-state index is 0.0955. The van der Waals surface area contributed by atoms with Crippen LogP contribution in [0.2, 0.25) is 0 Å². The van der Waals surface area contributed by atoms with Gasteiger partial charge in [0.05, 0.1) is 12.2 Å². The van der Waals surface area contributed by atoms with Crippen molar-refractivity contribution in [1.82, 2.24) is 9.80 Å². The second-order valence-corrected chi connectivity index (χ2v) is 6.95. The van der Waals surface area contributed by atoms with Crippen molar-refractivity contribution < 1.29 is 9.53 Å². The molecule has 0 saturated carbocycles. The lowest BCUT2D eigenvalue weighted by Crippen LogP contribution is -2.44. The fourth-order valence-corrected chi connectivity index (χ4v) is 3.58. The lowest BCUT2D eigenvalue weighted by molar-refractivity contribution is -0.0704. The molecule has 2 aliphatic heterocycles. The quantitative estimate of drug-likeness (QED) is 0.917. The number of nitrogens with two attached hydrogens (primary N) is 1. The summed E-state index contributed by atoms with van der Waals surface area (Å²) in [5.41, 5.74) is 7.88. The summed E-state index contributed by atoms with van der Waals surface area (Å²) >= 11 is 0. The van der Waals surface area contributed by atoms with E-state index >= 15 is 0 Å². The van der Waals surface area contributed by atoms with E-state index in [-0.39, 0.29) is 24.2 Å². The van der Waals surface area contributed by atoms with Crippen LogP contribution in [0.1, 0.15) is 36.2 Å². The molecule has 23 heavy (non-hydrogen) atoms. The molecule has 0 aromatic heterocycles. The van der Waals surface area contributed by atoms with Gasteiger partial charge in [-0.25, -0.2) is 0 Å². The first kappa shape index (κ1) is 16.4. The molecular weight excluding hydrogens is 290 g/mol. The first-order valence-corrected chi connectivity index (χ1v) is 8.53. The molecule has 0 bridgehead atoms. The highest BCUT2D eigenvalue weighted by Gasteiger charge is 2.25. The van der Waals surface area contributed by atoms with Crippen LogP contribution in [0.15, 0.2) is 24.3 Å². The molecule has 2 saturated heterocycles. The van der Waals surface area contributed by atoms with E-state index in [1.165, 1.54) is 5.56 Å². The lowest BCUT2D eigenvalue weighted by Gasteiger charge is -2.35. The average Bonchev–Trinajstić information content (AvgIpc) is 2.93. The third-order valence-electron chi connectivity index (χ3n) is 4.61. The van der Waals surface area contributed by atoms with Crippen molar-refractivity contribution in [3.8, 4) is 0 Å². The van der Waals surface area contributed by atoms with Gasteiger partial charge in [0, 0.05) is 44.3 Å². The Hall–Kier alpha value is -1.43. The molecule has 3 atom stereocenters. The molecule has 5 nitrogen and oxygen atoms in total. The van der Waals surface area contributed by atoms with E-state index in [1.807, 2.05) is 17.0 Å². The molecule has 2 N–H and O–H groups in total. The Morgan fingerprint density at radius 2 is 1.83 bits per heavy atom. The van der Waals surface area contributed by atoms with Gasteiger partial charge in [0.25, 0.3) is 5.91 Å². The molecular formula is C18H27N3O2. The van der Waals surface area contributed by atoms with E-state index in [9.17, 15) is 4.79 Å². The maximum atomic E-state index is 12.4. The molecule has 5 heteroatoms. The number of carbonyl (C=O) groups excluding carboxylic acids is 1. The fraction of sp³-hybridized carbons (Fsp3) is 0.611. The third kappa shape index (κ3) is 4.10. The van der Waals surface area contributed by atoms with Crippen LogP contribution < -0.4 is 5.73 Å². The molecule has 1 aromatic rings. The third-order valence-corrected chi connectivity index (χ3v) is 4.61. The maximum absolute atomic E-state index is 12.4. The van der Waals surface area contributed by atoms with E-state index in [2.05, 4.69) is 30.9 Å². The zero-order valence-electron chi connectivity index (χ0n) is 14.1. The molecule has 2 fully saturated rings. The van der Waals surface area contributed by atoms with Crippen LogP contribution in [0.5, 0.6) is 0 Å². The molecule has 1 amide bonds. The Balaban J connectivity index is 1.59. The highest BCUT2D eigenvalue weighted by molar-refractivity contribution is 5.94. The van der Waals surface area contributed by atoms with E-state index < -0.39 is 0 Å². The predicted molar refractivity (Wildman–Crippen MR) is 90.2 cm³/mol. The van der Waals surface area contributed by atoms with Crippen LogP contribution in [-0.4, -0.2) is 60.1 Å². The van der Waals surface area contributed by atoms with Crippen LogP contribution in [-0.2, 0) is 11.3 Å². The van der Waals surface area contributed by atoms with Gasteiger partial charge in [-0.1, -0.05) is 12.1 Å². The number of benzene rings is 1. The van der Waals surface area contributed by atoms with Gasteiger partial charge in [-0.15, -0.1) is 0 Å². The normalized spacial score (nSPS) is 29.0. The Morgan fingerprint density at radius 1 is 1.17 bits per heavy atom. The number of morpholine rings is 1. The van der Waals surface area contributed by atoms with Crippen LogP contribution >= 0.6 is 0 Å². The molecule has 2 aliphatic rings. The minimum absolute atomic E-state index is 0.0955. The molecule has 0 aliphatic carbocycles. The van der Waals surface area contributed by atoms with Crippen molar-refractivity contribution in [1.29, 1.82) is 0 Å². The van der Waals surface area contributed by atoms with Gasteiger partial charge in [-0.3, -0.25) is 9.69 Å². The lowest BCUT2D eigenvalue weighted by atomic mass is 10.1. The van der Waals surface area contributed by atoms with Gasteiger partial charge in [-0.2, -0.15) is 0 Å². The SMILES string of the molecule is CC1CN(Cc2ccc(C(=O)N3CCC(N)C3)cc2)CC(C)O1. The molecule has 1 aromatic carbocycles. The summed E-state index contributed by atoms with van der Waals surface area (Å²) < 4.78 is 5.77. The maximum Gasteiger partial charge on any atom is 0.253 e. The van der Waals surface area contributed by atoms with Gasteiger partial charge in [0.2, 0.25) is 0 Å².